The van der Waals surface area contributed by atoms with Crippen molar-refractivity contribution in [1.82, 2.24) is 14.7 Å². The summed E-state index contributed by atoms with van der Waals surface area (Å²) in [5.41, 5.74) is 0. The fraction of sp³-hybridized carbons (Fsp3) is 0.933. The van der Waals surface area contributed by atoms with Crippen molar-refractivity contribution >= 4 is 5.91 Å². The van der Waals surface area contributed by atoms with Gasteiger partial charge in [-0.3, -0.25) is 4.79 Å². The number of likely N-dealkylation sites (tertiary alicyclic amines) is 1. The van der Waals surface area contributed by atoms with Crippen LogP contribution in [0.15, 0.2) is 0 Å². The molecule has 19 heavy (non-hydrogen) atoms. The molecule has 2 aliphatic rings. The average molecular weight is 267 g/mol. The Balaban J connectivity index is 1.67. The highest BCUT2D eigenvalue weighted by molar-refractivity contribution is 5.76. The standard InChI is InChI=1S/C15H29N3O/c1-3-4-15(19)18-7-5-14(6-8-18)13-17-11-9-16(2)10-12-17/h14H,3-13H2,1-2H3. The maximum absolute atomic E-state index is 11.8. The first kappa shape index (κ1) is 14.8. The molecule has 1 amide bonds. The zero-order chi connectivity index (χ0) is 13.7. The van der Waals surface area contributed by atoms with Gasteiger partial charge in [0.2, 0.25) is 5.91 Å². The summed E-state index contributed by atoms with van der Waals surface area (Å²) in [6.07, 6.45) is 4.09. The predicted octanol–water partition coefficient (Wildman–Crippen LogP) is 1.27. The van der Waals surface area contributed by atoms with Crippen molar-refractivity contribution in [2.75, 3.05) is 52.9 Å². The Kier molecular flexibility index (Phi) is 5.64. The minimum absolute atomic E-state index is 0.362. The Morgan fingerprint density at radius 1 is 1.05 bits per heavy atom. The van der Waals surface area contributed by atoms with Crippen molar-refractivity contribution in [3.63, 3.8) is 0 Å². The first-order valence-corrected chi connectivity index (χ1v) is 7.87. The van der Waals surface area contributed by atoms with Crippen LogP contribution in [0.1, 0.15) is 32.6 Å². The molecule has 0 unspecified atom stereocenters. The number of carbonyl (C=O) groups excluding carboxylic acids is 1. The van der Waals surface area contributed by atoms with Gasteiger partial charge < -0.3 is 14.7 Å². The van der Waals surface area contributed by atoms with Crippen LogP contribution in [-0.4, -0.2) is 73.5 Å². The second-order valence-electron chi connectivity index (χ2n) is 6.18. The topological polar surface area (TPSA) is 26.8 Å². The van der Waals surface area contributed by atoms with Gasteiger partial charge >= 0.3 is 0 Å². The van der Waals surface area contributed by atoms with E-state index in [0.29, 0.717) is 5.91 Å². The number of piperazine rings is 1. The van der Waals surface area contributed by atoms with Crippen molar-refractivity contribution in [3.05, 3.63) is 0 Å². The molecule has 4 heteroatoms. The monoisotopic (exact) mass is 267 g/mol. The minimum atomic E-state index is 0.362. The highest BCUT2D eigenvalue weighted by Crippen LogP contribution is 2.19. The van der Waals surface area contributed by atoms with Gasteiger partial charge in [-0.05, 0) is 32.2 Å². The fourth-order valence-corrected chi connectivity index (χ4v) is 3.13. The van der Waals surface area contributed by atoms with Crippen LogP contribution in [0.3, 0.4) is 0 Å². The van der Waals surface area contributed by atoms with Gasteiger partial charge in [0.05, 0.1) is 0 Å². The summed E-state index contributed by atoms with van der Waals surface area (Å²) in [6, 6.07) is 0. The smallest absolute Gasteiger partial charge is 0.222 e. The summed E-state index contributed by atoms with van der Waals surface area (Å²) in [5, 5.41) is 0. The van der Waals surface area contributed by atoms with Crippen LogP contribution in [0, 0.1) is 5.92 Å². The molecule has 0 aromatic rings. The molecule has 0 radical (unpaired) electrons. The molecule has 0 atom stereocenters. The summed E-state index contributed by atoms with van der Waals surface area (Å²) in [5.74, 6) is 1.16. The third-order valence-corrected chi connectivity index (χ3v) is 4.54. The van der Waals surface area contributed by atoms with Gasteiger partial charge in [0.1, 0.15) is 0 Å². The Bertz CT molecular complexity index is 279. The number of carbonyl (C=O) groups is 1. The van der Waals surface area contributed by atoms with E-state index in [1.165, 1.54) is 45.6 Å². The van der Waals surface area contributed by atoms with E-state index in [0.717, 1.165) is 31.8 Å². The molecule has 0 saturated carbocycles. The van der Waals surface area contributed by atoms with Crippen molar-refractivity contribution in [1.29, 1.82) is 0 Å². The molecule has 0 spiro atoms. The summed E-state index contributed by atoms with van der Waals surface area (Å²) in [4.78, 5) is 18.9. The number of amides is 1. The number of hydrogen-bond acceptors (Lipinski definition) is 3. The first-order valence-electron chi connectivity index (χ1n) is 7.87. The highest BCUT2D eigenvalue weighted by Gasteiger charge is 2.24. The molecule has 0 aromatic carbocycles. The molecule has 0 aliphatic carbocycles. The molecule has 0 bridgehead atoms. The third-order valence-electron chi connectivity index (χ3n) is 4.54. The summed E-state index contributed by atoms with van der Waals surface area (Å²) in [7, 11) is 2.20. The lowest BCUT2D eigenvalue weighted by Crippen LogP contribution is -2.47. The summed E-state index contributed by atoms with van der Waals surface area (Å²) >= 11 is 0. The molecule has 2 rings (SSSR count). The zero-order valence-corrected chi connectivity index (χ0v) is 12.6. The number of rotatable bonds is 4. The Labute approximate surface area is 117 Å². The summed E-state index contributed by atoms with van der Waals surface area (Å²) < 4.78 is 0. The normalized spacial score (nSPS) is 23.8. The van der Waals surface area contributed by atoms with Gasteiger partial charge in [-0.15, -0.1) is 0 Å². The van der Waals surface area contributed by atoms with Crippen LogP contribution in [0.4, 0.5) is 0 Å². The van der Waals surface area contributed by atoms with E-state index in [9.17, 15) is 4.79 Å². The van der Waals surface area contributed by atoms with Crippen molar-refractivity contribution in [2.24, 2.45) is 5.92 Å². The molecule has 2 heterocycles. The lowest BCUT2D eigenvalue weighted by molar-refractivity contribution is -0.132. The molecule has 0 aromatic heterocycles. The lowest BCUT2D eigenvalue weighted by atomic mass is 9.95. The molecule has 0 N–H and O–H groups in total. The SMILES string of the molecule is CCCC(=O)N1CCC(CN2CCN(C)CC2)CC1. The Morgan fingerprint density at radius 3 is 2.26 bits per heavy atom. The number of hydrogen-bond donors (Lipinski definition) is 0. The molecule has 2 saturated heterocycles. The molecule has 2 aliphatic heterocycles. The largest absolute Gasteiger partial charge is 0.343 e. The maximum atomic E-state index is 11.8. The van der Waals surface area contributed by atoms with Crippen LogP contribution in [0.25, 0.3) is 0 Å². The van der Waals surface area contributed by atoms with Gasteiger partial charge in [0, 0.05) is 52.2 Å². The van der Waals surface area contributed by atoms with E-state index in [4.69, 9.17) is 0 Å². The molecule has 2 fully saturated rings. The number of nitrogens with zero attached hydrogens (tertiary/aromatic N) is 3. The van der Waals surface area contributed by atoms with Crippen LogP contribution in [-0.2, 0) is 4.79 Å². The zero-order valence-electron chi connectivity index (χ0n) is 12.6. The van der Waals surface area contributed by atoms with Gasteiger partial charge in [-0.2, -0.15) is 0 Å². The predicted molar refractivity (Wildman–Crippen MR) is 78.1 cm³/mol. The number of likely N-dealkylation sites (N-methyl/N-ethyl adjacent to an activating group) is 1. The van der Waals surface area contributed by atoms with E-state index in [2.05, 4.69) is 28.7 Å². The fourth-order valence-electron chi connectivity index (χ4n) is 3.13. The number of piperidine rings is 1. The molecule has 110 valence electrons. The van der Waals surface area contributed by atoms with Crippen LogP contribution in [0.2, 0.25) is 0 Å². The Morgan fingerprint density at radius 2 is 1.68 bits per heavy atom. The van der Waals surface area contributed by atoms with E-state index in [1.54, 1.807) is 0 Å². The van der Waals surface area contributed by atoms with Crippen LogP contribution >= 0.6 is 0 Å². The third kappa shape index (κ3) is 4.46. The van der Waals surface area contributed by atoms with Crippen molar-refractivity contribution < 1.29 is 4.79 Å². The second kappa shape index (κ2) is 7.25. The minimum Gasteiger partial charge on any atom is -0.343 e. The van der Waals surface area contributed by atoms with E-state index in [-0.39, 0.29) is 0 Å². The van der Waals surface area contributed by atoms with Crippen LogP contribution in [0.5, 0.6) is 0 Å². The molecular weight excluding hydrogens is 238 g/mol. The highest BCUT2D eigenvalue weighted by atomic mass is 16.2. The van der Waals surface area contributed by atoms with Crippen molar-refractivity contribution in [2.45, 2.75) is 32.6 Å². The maximum Gasteiger partial charge on any atom is 0.222 e. The summed E-state index contributed by atoms with van der Waals surface area (Å²) in [6.45, 7) is 10.1. The quantitative estimate of drug-likeness (QED) is 0.767. The van der Waals surface area contributed by atoms with Gasteiger partial charge in [-0.25, -0.2) is 0 Å². The van der Waals surface area contributed by atoms with Crippen molar-refractivity contribution in [3.8, 4) is 0 Å². The van der Waals surface area contributed by atoms with E-state index < -0.39 is 0 Å². The average Bonchev–Trinajstić information content (AvgIpc) is 2.42. The molecular formula is C15H29N3O. The van der Waals surface area contributed by atoms with Gasteiger partial charge in [0.15, 0.2) is 0 Å². The van der Waals surface area contributed by atoms with E-state index >= 15 is 0 Å². The first-order chi connectivity index (χ1) is 9.19. The van der Waals surface area contributed by atoms with Gasteiger partial charge in [0.25, 0.3) is 0 Å². The lowest BCUT2D eigenvalue weighted by Gasteiger charge is -2.38. The van der Waals surface area contributed by atoms with E-state index in [1.807, 2.05) is 0 Å². The Hall–Kier alpha value is -0.610. The van der Waals surface area contributed by atoms with Crippen LogP contribution < -0.4 is 0 Å². The molecule has 4 nitrogen and oxygen atoms in total. The second-order valence-corrected chi connectivity index (χ2v) is 6.18. The van der Waals surface area contributed by atoms with Gasteiger partial charge in [-0.1, -0.05) is 6.92 Å².